The molecular formula is C24H30N2O2. The maximum atomic E-state index is 12.5. The zero-order valence-electron chi connectivity index (χ0n) is 16.7. The van der Waals surface area contributed by atoms with E-state index < -0.39 is 0 Å². The molecule has 1 aliphatic rings. The standard InChI is InChI=1S/C24H30N2O2/c1-19-10-12-20(13-11-19)8-5-9-23(27)26-16-14-22(15-17-26)24(28)25-18-21-6-3-2-4-7-21/h2-4,6-7,10-13,22H,5,8-9,14-18H2,1H3,(H,25,28). The van der Waals surface area contributed by atoms with E-state index in [0.29, 0.717) is 26.1 Å². The van der Waals surface area contributed by atoms with Crippen LogP contribution in [0.25, 0.3) is 0 Å². The first-order chi connectivity index (χ1) is 13.6. The zero-order valence-corrected chi connectivity index (χ0v) is 16.7. The van der Waals surface area contributed by atoms with Gasteiger partial charge in [0.15, 0.2) is 0 Å². The van der Waals surface area contributed by atoms with Crippen molar-refractivity contribution in [2.75, 3.05) is 13.1 Å². The minimum Gasteiger partial charge on any atom is -0.352 e. The molecule has 0 atom stereocenters. The summed E-state index contributed by atoms with van der Waals surface area (Å²) >= 11 is 0. The van der Waals surface area contributed by atoms with Crippen LogP contribution in [0.3, 0.4) is 0 Å². The topological polar surface area (TPSA) is 49.4 Å². The fraction of sp³-hybridized carbons (Fsp3) is 0.417. The summed E-state index contributed by atoms with van der Waals surface area (Å²) in [6.07, 6.45) is 3.90. The summed E-state index contributed by atoms with van der Waals surface area (Å²) in [6.45, 7) is 4.02. The number of carbonyl (C=O) groups excluding carboxylic acids is 2. The zero-order chi connectivity index (χ0) is 19.8. The van der Waals surface area contributed by atoms with Gasteiger partial charge in [-0.3, -0.25) is 9.59 Å². The average Bonchev–Trinajstić information content (AvgIpc) is 2.74. The van der Waals surface area contributed by atoms with Crippen LogP contribution in [0.15, 0.2) is 54.6 Å². The molecule has 4 nitrogen and oxygen atoms in total. The van der Waals surface area contributed by atoms with E-state index in [9.17, 15) is 9.59 Å². The van der Waals surface area contributed by atoms with Crippen LogP contribution in [-0.2, 0) is 22.6 Å². The van der Waals surface area contributed by atoms with Gasteiger partial charge in [-0.1, -0.05) is 60.2 Å². The third kappa shape index (κ3) is 5.95. The van der Waals surface area contributed by atoms with Crippen molar-refractivity contribution < 1.29 is 9.59 Å². The van der Waals surface area contributed by atoms with Gasteiger partial charge in [0, 0.05) is 32.0 Å². The Morgan fingerprint density at radius 3 is 2.32 bits per heavy atom. The first-order valence-corrected chi connectivity index (χ1v) is 10.3. The number of hydrogen-bond acceptors (Lipinski definition) is 2. The molecule has 2 amide bonds. The highest BCUT2D eigenvalue weighted by Gasteiger charge is 2.26. The van der Waals surface area contributed by atoms with Gasteiger partial charge in [0.25, 0.3) is 0 Å². The molecule has 0 spiro atoms. The van der Waals surface area contributed by atoms with Gasteiger partial charge in [-0.05, 0) is 43.7 Å². The van der Waals surface area contributed by atoms with Gasteiger partial charge in [0.2, 0.25) is 11.8 Å². The molecule has 1 aliphatic heterocycles. The van der Waals surface area contributed by atoms with E-state index in [2.05, 4.69) is 36.5 Å². The van der Waals surface area contributed by atoms with Crippen LogP contribution < -0.4 is 5.32 Å². The normalized spacial score (nSPS) is 14.7. The fourth-order valence-corrected chi connectivity index (χ4v) is 3.68. The molecule has 0 aromatic heterocycles. The van der Waals surface area contributed by atoms with Gasteiger partial charge in [0.05, 0.1) is 0 Å². The van der Waals surface area contributed by atoms with Crippen molar-refractivity contribution in [1.29, 1.82) is 0 Å². The lowest BCUT2D eigenvalue weighted by Crippen LogP contribution is -2.42. The summed E-state index contributed by atoms with van der Waals surface area (Å²) in [6, 6.07) is 18.5. The molecule has 0 saturated carbocycles. The number of rotatable bonds is 7. The highest BCUT2D eigenvalue weighted by atomic mass is 16.2. The number of amides is 2. The Morgan fingerprint density at radius 1 is 0.964 bits per heavy atom. The Kier molecular flexibility index (Phi) is 7.24. The largest absolute Gasteiger partial charge is 0.352 e. The molecular weight excluding hydrogens is 348 g/mol. The molecule has 1 heterocycles. The molecule has 1 fully saturated rings. The Hall–Kier alpha value is -2.62. The number of piperidine rings is 1. The van der Waals surface area contributed by atoms with Crippen molar-refractivity contribution in [3.8, 4) is 0 Å². The van der Waals surface area contributed by atoms with Gasteiger partial charge in [-0.15, -0.1) is 0 Å². The summed E-state index contributed by atoms with van der Waals surface area (Å²) in [5.41, 5.74) is 3.65. The highest BCUT2D eigenvalue weighted by Crippen LogP contribution is 2.19. The van der Waals surface area contributed by atoms with Crippen molar-refractivity contribution in [2.45, 2.75) is 45.6 Å². The van der Waals surface area contributed by atoms with Gasteiger partial charge in [-0.25, -0.2) is 0 Å². The first kappa shape index (κ1) is 20.1. The molecule has 148 valence electrons. The SMILES string of the molecule is Cc1ccc(CCCC(=O)N2CCC(C(=O)NCc3ccccc3)CC2)cc1. The van der Waals surface area contributed by atoms with Crippen molar-refractivity contribution in [2.24, 2.45) is 5.92 Å². The van der Waals surface area contributed by atoms with E-state index in [-0.39, 0.29) is 17.7 Å². The third-order valence-corrected chi connectivity index (χ3v) is 5.50. The Morgan fingerprint density at radius 2 is 1.64 bits per heavy atom. The quantitative estimate of drug-likeness (QED) is 0.795. The average molecular weight is 379 g/mol. The smallest absolute Gasteiger partial charge is 0.223 e. The lowest BCUT2D eigenvalue weighted by Gasteiger charge is -2.31. The number of aryl methyl sites for hydroxylation is 2. The van der Waals surface area contributed by atoms with Crippen LogP contribution >= 0.6 is 0 Å². The van der Waals surface area contributed by atoms with Crippen molar-refractivity contribution in [3.63, 3.8) is 0 Å². The fourth-order valence-electron chi connectivity index (χ4n) is 3.68. The number of hydrogen-bond donors (Lipinski definition) is 1. The van der Waals surface area contributed by atoms with Gasteiger partial charge < -0.3 is 10.2 Å². The predicted molar refractivity (Wildman–Crippen MR) is 112 cm³/mol. The predicted octanol–water partition coefficient (Wildman–Crippen LogP) is 3.87. The lowest BCUT2D eigenvalue weighted by atomic mass is 9.95. The minimum absolute atomic E-state index is 0.0142. The lowest BCUT2D eigenvalue weighted by molar-refractivity contribution is -0.135. The van der Waals surface area contributed by atoms with Crippen LogP contribution in [-0.4, -0.2) is 29.8 Å². The van der Waals surface area contributed by atoms with Gasteiger partial charge in [0.1, 0.15) is 0 Å². The summed E-state index contributed by atoms with van der Waals surface area (Å²) in [4.78, 5) is 26.8. The molecule has 3 rings (SSSR count). The van der Waals surface area contributed by atoms with E-state index in [1.165, 1.54) is 11.1 Å². The Balaban J connectivity index is 1.35. The molecule has 0 radical (unpaired) electrons. The molecule has 4 heteroatoms. The molecule has 0 unspecified atom stereocenters. The highest BCUT2D eigenvalue weighted by molar-refractivity contribution is 5.80. The molecule has 2 aromatic carbocycles. The Bertz CT molecular complexity index is 763. The van der Waals surface area contributed by atoms with Gasteiger partial charge in [-0.2, -0.15) is 0 Å². The summed E-state index contributed by atoms with van der Waals surface area (Å²) in [5, 5.41) is 3.03. The summed E-state index contributed by atoms with van der Waals surface area (Å²) in [7, 11) is 0. The van der Waals surface area contributed by atoms with Gasteiger partial charge >= 0.3 is 0 Å². The van der Waals surface area contributed by atoms with E-state index in [4.69, 9.17) is 0 Å². The second-order valence-electron chi connectivity index (χ2n) is 7.70. The molecule has 0 aliphatic carbocycles. The van der Waals surface area contributed by atoms with Crippen LogP contribution in [0.5, 0.6) is 0 Å². The molecule has 0 bridgehead atoms. The van der Waals surface area contributed by atoms with Crippen LogP contribution in [0, 0.1) is 12.8 Å². The molecule has 28 heavy (non-hydrogen) atoms. The van der Waals surface area contributed by atoms with Crippen LogP contribution in [0.1, 0.15) is 42.4 Å². The molecule has 1 saturated heterocycles. The number of likely N-dealkylation sites (tertiary alicyclic amines) is 1. The second kappa shape index (κ2) is 10.1. The minimum atomic E-state index is 0.0142. The molecule has 2 aromatic rings. The third-order valence-electron chi connectivity index (χ3n) is 5.50. The van der Waals surface area contributed by atoms with Crippen molar-refractivity contribution in [3.05, 3.63) is 71.3 Å². The number of nitrogens with one attached hydrogen (secondary N) is 1. The first-order valence-electron chi connectivity index (χ1n) is 10.3. The second-order valence-corrected chi connectivity index (χ2v) is 7.70. The maximum absolute atomic E-state index is 12.5. The van der Waals surface area contributed by atoms with E-state index >= 15 is 0 Å². The maximum Gasteiger partial charge on any atom is 0.223 e. The van der Waals surface area contributed by atoms with E-state index in [1.807, 2.05) is 35.2 Å². The summed E-state index contributed by atoms with van der Waals surface area (Å²) < 4.78 is 0. The number of carbonyl (C=O) groups is 2. The van der Waals surface area contributed by atoms with Crippen LogP contribution in [0.4, 0.5) is 0 Å². The van der Waals surface area contributed by atoms with E-state index in [1.54, 1.807) is 0 Å². The van der Waals surface area contributed by atoms with Crippen LogP contribution in [0.2, 0.25) is 0 Å². The number of benzene rings is 2. The monoisotopic (exact) mass is 378 g/mol. The van der Waals surface area contributed by atoms with Crippen molar-refractivity contribution in [1.82, 2.24) is 10.2 Å². The molecule has 1 N–H and O–H groups in total. The van der Waals surface area contributed by atoms with Crippen molar-refractivity contribution >= 4 is 11.8 Å². The Labute approximate surface area is 167 Å². The summed E-state index contributed by atoms with van der Waals surface area (Å²) in [5.74, 6) is 0.339. The number of nitrogens with zero attached hydrogens (tertiary/aromatic N) is 1. The van der Waals surface area contributed by atoms with E-state index in [0.717, 1.165) is 31.2 Å².